The van der Waals surface area contributed by atoms with Crippen molar-refractivity contribution in [1.82, 2.24) is 5.32 Å². The molecule has 2 saturated carbocycles. The first-order valence-corrected chi connectivity index (χ1v) is 7.80. The van der Waals surface area contributed by atoms with E-state index in [1.54, 1.807) is 0 Å². The Kier molecular flexibility index (Phi) is 5.22. The van der Waals surface area contributed by atoms with E-state index >= 15 is 0 Å². The summed E-state index contributed by atoms with van der Waals surface area (Å²) in [6, 6.07) is 0. The molecule has 1 amide bonds. The summed E-state index contributed by atoms with van der Waals surface area (Å²) in [6.45, 7) is 1.24. The maximum atomic E-state index is 12.1. The second-order valence-electron chi connectivity index (χ2n) is 6.50. The Morgan fingerprint density at radius 2 is 1.95 bits per heavy atom. The summed E-state index contributed by atoms with van der Waals surface area (Å²) in [5.74, 6) is 0.371. The van der Waals surface area contributed by atoms with Crippen LogP contribution in [0.5, 0.6) is 0 Å². The summed E-state index contributed by atoms with van der Waals surface area (Å²) in [4.78, 5) is 12.1. The predicted octanol–water partition coefficient (Wildman–Crippen LogP) is 1.56. The minimum atomic E-state index is -0.224. The lowest BCUT2D eigenvalue weighted by atomic mass is 9.71. The first kappa shape index (κ1) is 14.8. The maximum Gasteiger partial charge on any atom is 0.220 e. The molecule has 0 heterocycles. The van der Waals surface area contributed by atoms with E-state index in [0.717, 1.165) is 32.1 Å². The number of nitrogens with two attached hydrogens (primary N) is 1. The zero-order valence-electron chi connectivity index (χ0n) is 11.9. The highest BCUT2D eigenvalue weighted by Gasteiger charge is 2.33. The van der Waals surface area contributed by atoms with Crippen molar-refractivity contribution in [2.45, 2.75) is 63.9 Å². The van der Waals surface area contributed by atoms with Gasteiger partial charge in [0.1, 0.15) is 0 Å². The van der Waals surface area contributed by atoms with E-state index in [1.165, 1.54) is 19.3 Å². The lowest BCUT2D eigenvalue weighted by molar-refractivity contribution is -0.124. The van der Waals surface area contributed by atoms with Crippen molar-refractivity contribution in [3.8, 4) is 0 Å². The molecule has 0 aromatic heterocycles. The van der Waals surface area contributed by atoms with E-state index in [0.29, 0.717) is 19.5 Å². The molecule has 0 bridgehead atoms. The Labute approximate surface area is 116 Å². The molecule has 0 aliphatic heterocycles. The first-order chi connectivity index (χ1) is 9.15. The summed E-state index contributed by atoms with van der Waals surface area (Å²) in [5, 5.41) is 12.8. The van der Waals surface area contributed by atoms with Crippen molar-refractivity contribution in [3.63, 3.8) is 0 Å². The van der Waals surface area contributed by atoms with Gasteiger partial charge in [-0.15, -0.1) is 0 Å². The summed E-state index contributed by atoms with van der Waals surface area (Å²) in [7, 11) is 0. The van der Waals surface area contributed by atoms with Crippen molar-refractivity contribution < 1.29 is 9.90 Å². The van der Waals surface area contributed by atoms with Gasteiger partial charge < -0.3 is 16.2 Å². The molecule has 0 spiro atoms. The number of hydrogen-bond acceptors (Lipinski definition) is 3. The Morgan fingerprint density at radius 3 is 2.53 bits per heavy atom. The number of carbonyl (C=O) groups excluding carboxylic acids is 1. The van der Waals surface area contributed by atoms with Gasteiger partial charge in [0.25, 0.3) is 0 Å². The fourth-order valence-electron chi connectivity index (χ4n) is 3.66. The van der Waals surface area contributed by atoms with Gasteiger partial charge in [0.2, 0.25) is 5.91 Å². The summed E-state index contributed by atoms with van der Waals surface area (Å²) in [6.07, 6.45) is 9.18. The van der Waals surface area contributed by atoms with Gasteiger partial charge in [-0.05, 0) is 37.6 Å². The van der Waals surface area contributed by atoms with Gasteiger partial charge in [0, 0.05) is 18.9 Å². The fraction of sp³-hybridized carbons (Fsp3) is 0.933. The van der Waals surface area contributed by atoms with Crippen LogP contribution in [0.4, 0.5) is 0 Å². The molecule has 0 radical (unpaired) electrons. The number of carbonyl (C=O) groups is 1. The molecule has 0 aromatic rings. The average molecular weight is 268 g/mol. The summed E-state index contributed by atoms with van der Waals surface area (Å²) >= 11 is 0. The average Bonchev–Trinajstić information content (AvgIpc) is 2.83. The van der Waals surface area contributed by atoms with Gasteiger partial charge in [-0.3, -0.25) is 4.79 Å². The van der Waals surface area contributed by atoms with Crippen LogP contribution in [-0.2, 0) is 4.79 Å². The highest BCUT2D eigenvalue weighted by Crippen LogP contribution is 2.38. The lowest BCUT2D eigenvalue weighted by Gasteiger charge is -2.35. The zero-order valence-corrected chi connectivity index (χ0v) is 11.9. The van der Waals surface area contributed by atoms with Crippen LogP contribution < -0.4 is 11.1 Å². The molecule has 2 unspecified atom stereocenters. The fourth-order valence-corrected chi connectivity index (χ4v) is 3.66. The molecular weight excluding hydrogens is 240 g/mol. The molecule has 2 atom stereocenters. The zero-order chi connectivity index (χ0) is 13.7. The maximum absolute atomic E-state index is 12.1. The quantitative estimate of drug-likeness (QED) is 0.708. The van der Waals surface area contributed by atoms with Crippen LogP contribution in [0.2, 0.25) is 0 Å². The number of rotatable bonds is 5. The van der Waals surface area contributed by atoms with Crippen molar-refractivity contribution >= 4 is 5.91 Å². The SMILES string of the molecule is NCC1(CC(=O)NCC2CCCC2O)CCCCC1. The van der Waals surface area contributed by atoms with Crippen molar-refractivity contribution in [2.75, 3.05) is 13.1 Å². The molecule has 4 N–H and O–H groups in total. The smallest absolute Gasteiger partial charge is 0.220 e. The minimum Gasteiger partial charge on any atom is -0.393 e. The minimum absolute atomic E-state index is 0.0383. The van der Waals surface area contributed by atoms with E-state index in [-0.39, 0.29) is 23.3 Å². The molecule has 4 heteroatoms. The van der Waals surface area contributed by atoms with E-state index in [4.69, 9.17) is 5.73 Å². The molecule has 0 saturated heterocycles. The first-order valence-electron chi connectivity index (χ1n) is 7.80. The molecule has 0 aromatic carbocycles. The van der Waals surface area contributed by atoms with E-state index in [2.05, 4.69) is 5.32 Å². The molecule has 2 aliphatic rings. The molecule has 4 nitrogen and oxygen atoms in total. The van der Waals surface area contributed by atoms with Gasteiger partial charge in [-0.1, -0.05) is 25.7 Å². The molecule has 19 heavy (non-hydrogen) atoms. The standard InChI is InChI=1S/C15H28N2O2/c16-11-15(7-2-1-3-8-15)9-14(19)17-10-12-5-4-6-13(12)18/h12-13,18H,1-11,16H2,(H,17,19). The Bertz CT molecular complexity index is 301. The third kappa shape index (κ3) is 3.93. The number of aliphatic hydroxyl groups excluding tert-OH is 1. The Morgan fingerprint density at radius 1 is 1.21 bits per heavy atom. The Hall–Kier alpha value is -0.610. The van der Waals surface area contributed by atoms with Crippen molar-refractivity contribution in [3.05, 3.63) is 0 Å². The largest absolute Gasteiger partial charge is 0.393 e. The van der Waals surface area contributed by atoms with Gasteiger partial charge in [-0.2, -0.15) is 0 Å². The van der Waals surface area contributed by atoms with Gasteiger partial charge >= 0.3 is 0 Å². The predicted molar refractivity (Wildman–Crippen MR) is 75.5 cm³/mol. The van der Waals surface area contributed by atoms with Crippen LogP contribution in [0.15, 0.2) is 0 Å². The molecule has 2 rings (SSSR count). The highest BCUT2D eigenvalue weighted by molar-refractivity contribution is 5.76. The lowest BCUT2D eigenvalue weighted by Crippen LogP contribution is -2.40. The van der Waals surface area contributed by atoms with Crippen LogP contribution >= 0.6 is 0 Å². The van der Waals surface area contributed by atoms with E-state index < -0.39 is 0 Å². The van der Waals surface area contributed by atoms with Crippen LogP contribution in [0, 0.1) is 11.3 Å². The molecular formula is C15H28N2O2. The monoisotopic (exact) mass is 268 g/mol. The van der Waals surface area contributed by atoms with Gasteiger partial charge in [0.05, 0.1) is 6.10 Å². The second kappa shape index (κ2) is 6.71. The van der Waals surface area contributed by atoms with Gasteiger partial charge in [0.15, 0.2) is 0 Å². The number of amides is 1. The van der Waals surface area contributed by atoms with Crippen LogP contribution in [0.1, 0.15) is 57.8 Å². The van der Waals surface area contributed by atoms with E-state index in [1.807, 2.05) is 0 Å². The summed E-state index contributed by atoms with van der Waals surface area (Å²) in [5.41, 5.74) is 5.95. The van der Waals surface area contributed by atoms with Gasteiger partial charge in [-0.25, -0.2) is 0 Å². The van der Waals surface area contributed by atoms with E-state index in [9.17, 15) is 9.90 Å². The van der Waals surface area contributed by atoms with Crippen LogP contribution in [-0.4, -0.2) is 30.2 Å². The number of hydrogen-bond donors (Lipinski definition) is 3. The third-order valence-electron chi connectivity index (χ3n) is 5.06. The van der Waals surface area contributed by atoms with Crippen molar-refractivity contribution in [1.29, 1.82) is 0 Å². The summed E-state index contributed by atoms with van der Waals surface area (Å²) < 4.78 is 0. The third-order valence-corrected chi connectivity index (χ3v) is 5.06. The second-order valence-corrected chi connectivity index (χ2v) is 6.50. The topological polar surface area (TPSA) is 75.4 Å². The molecule has 110 valence electrons. The Balaban J connectivity index is 1.76. The number of nitrogens with one attached hydrogen (secondary N) is 1. The normalized spacial score (nSPS) is 30.2. The molecule has 2 aliphatic carbocycles. The number of aliphatic hydroxyl groups is 1. The molecule has 2 fully saturated rings. The highest BCUT2D eigenvalue weighted by atomic mass is 16.3. The van der Waals surface area contributed by atoms with Crippen LogP contribution in [0.3, 0.4) is 0 Å². The van der Waals surface area contributed by atoms with Crippen molar-refractivity contribution in [2.24, 2.45) is 17.1 Å². The van der Waals surface area contributed by atoms with Crippen LogP contribution in [0.25, 0.3) is 0 Å².